The Bertz CT molecular complexity index is 1140. The summed E-state index contributed by atoms with van der Waals surface area (Å²) < 4.78 is 47.7. The molecule has 1 N–H and O–H groups in total. The van der Waals surface area contributed by atoms with Crippen molar-refractivity contribution in [1.29, 1.82) is 0 Å². The fourth-order valence-corrected chi connectivity index (χ4v) is 5.17. The minimum Gasteiger partial charge on any atom is -0.366 e. The molecule has 0 saturated carbocycles. The Morgan fingerprint density at radius 2 is 1.17 bits per heavy atom. The molecule has 0 aromatic heterocycles. The summed E-state index contributed by atoms with van der Waals surface area (Å²) >= 11 is 0. The third-order valence-corrected chi connectivity index (χ3v) is 7.24. The highest BCUT2D eigenvalue weighted by Crippen LogP contribution is 2.37. The lowest BCUT2D eigenvalue weighted by Crippen LogP contribution is -2.36. The van der Waals surface area contributed by atoms with Crippen LogP contribution in [0.2, 0.25) is 0 Å². The zero-order valence-electron chi connectivity index (χ0n) is 23.3. The Labute approximate surface area is 217 Å². The monoisotopic (exact) mass is 519 g/mol. The van der Waals surface area contributed by atoms with Crippen LogP contribution in [0.15, 0.2) is 24.3 Å². The van der Waals surface area contributed by atoms with Gasteiger partial charge < -0.3 is 4.18 Å². The average Bonchev–Trinajstić information content (AvgIpc) is 2.73. The largest absolute Gasteiger partial charge is 0.409 e. The molecule has 0 aliphatic rings. The van der Waals surface area contributed by atoms with Crippen molar-refractivity contribution < 1.29 is 21.8 Å². The van der Waals surface area contributed by atoms with E-state index in [2.05, 4.69) is 58.4 Å². The van der Waals surface area contributed by atoms with Crippen LogP contribution in [0.5, 0.6) is 5.75 Å². The predicted molar refractivity (Wildman–Crippen MR) is 145 cm³/mol. The first-order chi connectivity index (χ1) is 16.5. The van der Waals surface area contributed by atoms with Crippen LogP contribution < -0.4 is 8.91 Å². The Kier molecular flexibility index (Phi) is 9.74. The maximum absolute atomic E-state index is 14.2. The van der Waals surface area contributed by atoms with E-state index in [0.717, 1.165) is 16.7 Å². The van der Waals surface area contributed by atoms with Crippen LogP contribution in [0.1, 0.15) is 132 Å². The van der Waals surface area contributed by atoms with Crippen molar-refractivity contribution in [1.82, 2.24) is 4.72 Å². The molecule has 0 aliphatic heterocycles. The van der Waals surface area contributed by atoms with Crippen LogP contribution in [0.4, 0.5) is 4.39 Å². The van der Waals surface area contributed by atoms with Gasteiger partial charge in [-0.25, -0.2) is 9.11 Å². The molecule has 0 unspecified atom stereocenters. The van der Waals surface area contributed by atoms with Crippen molar-refractivity contribution in [3.05, 3.63) is 63.5 Å². The van der Waals surface area contributed by atoms with Gasteiger partial charge in [-0.3, -0.25) is 4.79 Å². The Balaban J connectivity index is 2.43. The third-order valence-electron chi connectivity index (χ3n) is 6.38. The number of hydrogen-bond acceptors (Lipinski definition) is 4. The minimum absolute atomic E-state index is 0.0775. The smallest absolute Gasteiger partial charge is 0.366 e. The lowest BCUT2D eigenvalue weighted by atomic mass is 9.83. The zero-order valence-corrected chi connectivity index (χ0v) is 24.1. The standard InChI is InChI=1S/C29H42FNO4S/c1-16(2)21-11-23(17(3)4)27(24(12-21)18(5)6)15-28(32)31-36(33,34)35-29-25(19(7)8)13-22(30)14-26(29)20(9)10/h11-14,16-20H,15H2,1-10H3,(H,31,32). The Morgan fingerprint density at radius 1 is 0.750 bits per heavy atom. The van der Waals surface area contributed by atoms with Gasteiger partial charge in [-0.1, -0.05) is 81.4 Å². The molecule has 36 heavy (non-hydrogen) atoms. The maximum Gasteiger partial charge on any atom is 0.409 e. The van der Waals surface area contributed by atoms with Crippen LogP contribution in [0.25, 0.3) is 0 Å². The van der Waals surface area contributed by atoms with Crippen LogP contribution in [-0.2, 0) is 21.5 Å². The lowest BCUT2D eigenvalue weighted by Gasteiger charge is -2.23. The number of carbonyl (C=O) groups is 1. The van der Waals surface area contributed by atoms with Gasteiger partial charge in [0.1, 0.15) is 5.82 Å². The second-order valence-electron chi connectivity index (χ2n) is 11.1. The first kappa shape index (κ1) is 29.8. The number of carbonyl (C=O) groups excluding carboxylic acids is 1. The summed E-state index contributed by atoms with van der Waals surface area (Å²) in [7, 11) is -4.49. The van der Waals surface area contributed by atoms with E-state index in [-0.39, 0.29) is 35.8 Å². The zero-order chi connectivity index (χ0) is 27.5. The molecule has 5 nitrogen and oxygen atoms in total. The summed E-state index contributed by atoms with van der Waals surface area (Å²) in [6, 6.07) is 6.81. The molecule has 0 aliphatic carbocycles. The molecular formula is C29H42FNO4S. The number of nitrogens with one attached hydrogen (secondary N) is 1. The number of hydrogen-bond donors (Lipinski definition) is 1. The van der Waals surface area contributed by atoms with E-state index < -0.39 is 22.0 Å². The third kappa shape index (κ3) is 7.31. The summed E-state index contributed by atoms with van der Waals surface area (Å²) in [6.45, 7) is 19.9. The van der Waals surface area contributed by atoms with Gasteiger partial charge in [0.25, 0.3) is 0 Å². The molecule has 200 valence electrons. The minimum atomic E-state index is -4.49. The highest BCUT2D eigenvalue weighted by Gasteiger charge is 2.26. The molecule has 0 bridgehead atoms. The summed E-state index contributed by atoms with van der Waals surface area (Å²) in [4.78, 5) is 13.0. The molecule has 0 heterocycles. The van der Waals surface area contributed by atoms with Crippen molar-refractivity contribution in [2.75, 3.05) is 0 Å². The molecule has 0 atom stereocenters. The first-order valence-electron chi connectivity index (χ1n) is 12.8. The molecule has 0 spiro atoms. The summed E-state index contributed by atoms with van der Waals surface area (Å²) in [5.74, 6) is -0.747. The highest BCUT2D eigenvalue weighted by molar-refractivity contribution is 7.85. The summed E-state index contributed by atoms with van der Waals surface area (Å²) in [6.07, 6.45) is -0.0838. The molecule has 1 amide bonds. The van der Waals surface area contributed by atoms with E-state index in [9.17, 15) is 17.6 Å². The van der Waals surface area contributed by atoms with Gasteiger partial charge in [0, 0.05) is 11.1 Å². The van der Waals surface area contributed by atoms with E-state index in [0.29, 0.717) is 17.0 Å². The van der Waals surface area contributed by atoms with Crippen LogP contribution in [-0.4, -0.2) is 14.3 Å². The predicted octanol–water partition coefficient (Wildman–Crippen LogP) is 7.43. The quantitative estimate of drug-likeness (QED) is 0.354. The van der Waals surface area contributed by atoms with Crippen molar-refractivity contribution in [3.8, 4) is 5.75 Å². The van der Waals surface area contributed by atoms with E-state index in [4.69, 9.17) is 4.18 Å². The van der Waals surface area contributed by atoms with Crippen LogP contribution >= 0.6 is 0 Å². The van der Waals surface area contributed by atoms with Crippen molar-refractivity contribution in [2.24, 2.45) is 0 Å². The normalized spacial score (nSPS) is 12.3. The van der Waals surface area contributed by atoms with Crippen LogP contribution in [0.3, 0.4) is 0 Å². The Hall–Kier alpha value is -2.41. The molecule has 0 fully saturated rings. The lowest BCUT2D eigenvalue weighted by molar-refractivity contribution is -0.118. The number of amides is 1. The van der Waals surface area contributed by atoms with E-state index >= 15 is 0 Å². The average molecular weight is 520 g/mol. The number of halogens is 1. The number of benzene rings is 2. The van der Waals surface area contributed by atoms with Gasteiger partial charge in [-0.2, -0.15) is 8.42 Å². The molecule has 2 aromatic carbocycles. The second-order valence-corrected chi connectivity index (χ2v) is 12.4. The van der Waals surface area contributed by atoms with Gasteiger partial charge in [-0.05, 0) is 64.0 Å². The molecule has 2 aromatic rings. The van der Waals surface area contributed by atoms with E-state index in [1.807, 2.05) is 27.7 Å². The fraction of sp³-hybridized carbons (Fsp3) is 0.552. The van der Waals surface area contributed by atoms with Gasteiger partial charge in [0.05, 0.1) is 6.42 Å². The summed E-state index contributed by atoms with van der Waals surface area (Å²) in [5.41, 5.74) is 5.00. The highest BCUT2D eigenvalue weighted by atomic mass is 32.2. The fourth-order valence-electron chi connectivity index (χ4n) is 4.37. The molecule has 0 saturated heterocycles. The topological polar surface area (TPSA) is 72.5 Å². The van der Waals surface area contributed by atoms with E-state index in [1.54, 1.807) is 0 Å². The first-order valence-corrected chi connectivity index (χ1v) is 14.2. The van der Waals surface area contributed by atoms with Gasteiger partial charge in [-0.15, -0.1) is 0 Å². The molecule has 0 radical (unpaired) electrons. The molecular weight excluding hydrogens is 477 g/mol. The summed E-state index contributed by atoms with van der Waals surface area (Å²) in [5, 5.41) is 0. The van der Waals surface area contributed by atoms with Crippen molar-refractivity contribution in [2.45, 2.75) is 105 Å². The van der Waals surface area contributed by atoms with E-state index in [1.165, 1.54) is 17.7 Å². The van der Waals surface area contributed by atoms with Gasteiger partial charge >= 0.3 is 10.3 Å². The maximum atomic E-state index is 14.2. The second kappa shape index (κ2) is 11.8. The van der Waals surface area contributed by atoms with Gasteiger partial charge in [0.15, 0.2) is 5.75 Å². The van der Waals surface area contributed by atoms with Crippen LogP contribution in [0, 0.1) is 5.82 Å². The molecule has 7 heteroatoms. The van der Waals surface area contributed by atoms with Crippen molar-refractivity contribution in [3.63, 3.8) is 0 Å². The SMILES string of the molecule is CC(C)c1cc(C(C)C)c(CC(=O)NS(=O)(=O)Oc2c(C(C)C)cc(F)cc2C(C)C)c(C(C)C)c1. The number of rotatable bonds is 10. The molecule has 2 rings (SSSR count). The van der Waals surface area contributed by atoms with Crippen molar-refractivity contribution >= 4 is 16.2 Å². The van der Waals surface area contributed by atoms with Gasteiger partial charge in [0.2, 0.25) is 5.91 Å². The Morgan fingerprint density at radius 3 is 1.53 bits per heavy atom.